The third kappa shape index (κ3) is 5.25. The van der Waals surface area contributed by atoms with Gasteiger partial charge in [-0.25, -0.2) is 0 Å². The number of rotatable bonds is 10. The second kappa shape index (κ2) is 8.93. The van der Waals surface area contributed by atoms with Gasteiger partial charge in [-0.1, -0.05) is 6.42 Å². The fraction of sp³-hybridized carbons (Fsp3) is 1.00. The van der Waals surface area contributed by atoms with Crippen LogP contribution in [-0.4, -0.2) is 57.5 Å². The Morgan fingerprint density at radius 1 is 1.19 bits per heavy atom. The van der Waals surface area contributed by atoms with E-state index in [1.165, 1.54) is 19.3 Å². The van der Waals surface area contributed by atoms with Crippen molar-refractivity contribution in [2.45, 2.75) is 31.7 Å². The molecule has 16 heavy (non-hydrogen) atoms. The summed E-state index contributed by atoms with van der Waals surface area (Å²) >= 11 is 0. The molecule has 1 saturated carbocycles. The molecule has 0 amide bonds. The van der Waals surface area contributed by atoms with Gasteiger partial charge in [-0.05, 0) is 19.3 Å². The molecule has 0 aromatic carbocycles. The molecule has 0 aromatic rings. The van der Waals surface area contributed by atoms with Crippen LogP contribution in [-0.2, 0) is 9.47 Å². The van der Waals surface area contributed by atoms with Gasteiger partial charge in [-0.15, -0.1) is 0 Å². The summed E-state index contributed by atoms with van der Waals surface area (Å²) in [5, 5.41) is 0. The minimum atomic E-state index is 0.750. The number of hydrogen-bond donors (Lipinski definition) is 1. The molecular weight excluding hydrogens is 204 g/mol. The largest absolute Gasteiger partial charge is 0.385 e. The average Bonchev–Trinajstić information content (AvgIpc) is 2.21. The van der Waals surface area contributed by atoms with Gasteiger partial charge in [0.05, 0.1) is 6.61 Å². The van der Waals surface area contributed by atoms with Gasteiger partial charge in [0.15, 0.2) is 0 Å². The molecule has 0 atom stereocenters. The third-order valence-corrected chi connectivity index (χ3v) is 3.17. The van der Waals surface area contributed by atoms with Gasteiger partial charge >= 0.3 is 0 Å². The summed E-state index contributed by atoms with van der Waals surface area (Å²) in [7, 11) is 1.72. The summed E-state index contributed by atoms with van der Waals surface area (Å²) in [6.07, 6.45) is 5.03. The standard InChI is InChI=1S/C12H26N2O2/c1-15-9-3-10-16-11-8-14(7-6-13)12-4-2-5-12/h12H,2-11,13H2,1H3. The molecular formula is C12H26N2O2. The monoisotopic (exact) mass is 230 g/mol. The molecule has 0 bridgehead atoms. The van der Waals surface area contributed by atoms with E-state index in [-0.39, 0.29) is 0 Å². The third-order valence-electron chi connectivity index (χ3n) is 3.17. The lowest BCUT2D eigenvalue weighted by Gasteiger charge is -2.37. The minimum Gasteiger partial charge on any atom is -0.385 e. The Kier molecular flexibility index (Phi) is 7.76. The van der Waals surface area contributed by atoms with Crippen molar-refractivity contribution in [1.29, 1.82) is 0 Å². The normalized spacial score (nSPS) is 16.7. The lowest BCUT2D eigenvalue weighted by Crippen LogP contribution is -2.44. The van der Waals surface area contributed by atoms with E-state index >= 15 is 0 Å². The number of hydrogen-bond acceptors (Lipinski definition) is 4. The van der Waals surface area contributed by atoms with Crippen LogP contribution in [0.3, 0.4) is 0 Å². The van der Waals surface area contributed by atoms with Crippen LogP contribution in [0.2, 0.25) is 0 Å². The SMILES string of the molecule is COCCCOCCN(CCN)C1CCC1. The molecule has 1 aliphatic rings. The first kappa shape index (κ1) is 13.9. The molecule has 0 spiro atoms. The first-order valence-corrected chi connectivity index (χ1v) is 6.39. The Morgan fingerprint density at radius 3 is 2.56 bits per heavy atom. The number of nitrogens with zero attached hydrogens (tertiary/aromatic N) is 1. The van der Waals surface area contributed by atoms with Crippen molar-refractivity contribution < 1.29 is 9.47 Å². The van der Waals surface area contributed by atoms with Crippen LogP contribution >= 0.6 is 0 Å². The van der Waals surface area contributed by atoms with E-state index in [4.69, 9.17) is 15.2 Å². The van der Waals surface area contributed by atoms with Gasteiger partial charge in [-0.3, -0.25) is 4.90 Å². The zero-order valence-electron chi connectivity index (χ0n) is 10.5. The molecule has 2 N–H and O–H groups in total. The molecule has 1 rings (SSSR count). The highest BCUT2D eigenvalue weighted by molar-refractivity contribution is 4.79. The molecule has 4 nitrogen and oxygen atoms in total. The van der Waals surface area contributed by atoms with Gasteiger partial charge in [0.1, 0.15) is 0 Å². The fourth-order valence-electron chi connectivity index (χ4n) is 1.98. The maximum atomic E-state index is 5.62. The van der Waals surface area contributed by atoms with Crippen LogP contribution in [0.4, 0.5) is 0 Å². The first-order valence-electron chi connectivity index (χ1n) is 6.39. The van der Waals surface area contributed by atoms with Crippen LogP contribution in [0.25, 0.3) is 0 Å². The highest BCUT2D eigenvalue weighted by Gasteiger charge is 2.23. The topological polar surface area (TPSA) is 47.7 Å². The van der Waals surface area contributed by atoms with Crippen molar-refractivity contribution in [3.63, 3.8) is 0 Å². The Labute approximate surface area is 99.1 Å². The summed E-state index contributed by atoms with van der Waals surface area (Å²) in [5.41, 5.74) is 5.62. The van der Waals surface area contributed by atoms with E-state index in [1.54, 1.807) is 7.11 Å². The molecule has 0 aliphatic heterocycles. The predicted molar refractivity (Wildman–Crippen MR) is 65.6 cm³/mol. The highest BCUT2D eigenvalue weighted by Crippen LogP contribution is 2.23. The van der Waals surface area contributed by atoms with Crippen molar-refractivity contribution in [3.8, 4) is 0 Å². The molecule has 0 heterocycles. The zero-order valence-corrected chi connectivity index (χ0v) is 10.5. The van der Waals surface area contributed by atoms with Crippen molar-refractivity contribution in [2.75, 3.05) is 46.6 Å². The summed E-state index contributed by atoms with van der Waals surface area (Å²) in [6.45, 7) is 5.19. The van der Waals surface area contributed by atoms with E-state index in [0.29, 0.717) is 0 Å². The molecule has 96 valence electrons. The van der Waals surface area contributed by atoms with Crippen molar-refractivity contribution >= 4 is 0 Å². The zero-order chi connectivity index (χ0) is 11.6. The second-order valence-corrected chi connectivity index (χ2v) is 4.37. The lowest BCUT2D eigenvalue weighted by molar-refractivity contribution is 0.0569. The van der Waals surface area contributed by atoms with Crippen molar-refractivity contribution in [1.82, 2.24) is 4.90 Å². The van der Waals surface area contributed by atoms with Crippen LogP contribution in [0.1, 0.15) is 25.7 Å². The van der Waals surface area contributed by atoms with E-state index in [2.05, 4.69) is 4.90 Å². The summed E-state index contributed by atoms with van der Waals surface area (Å²) in [4.78, 5) is 2.47. The van der Waals surface area contributed by atoms with Crippen LogP contribution in [0.15, 0.2) is 0 Å². The van der Waals surface area contributed by atoms with Gasteiger partial charge in [0, 0.05) is 46.0 Å². The van der Waals surface area contributed by atoms with Gasteiger partial charge < -0.3 is 15.2 Å². The average molecular weight is 230 g/mol. The smallest absolute Gasteiger partial charge is 0.0593 e. The summed E-state index contributed by atoms with van der Waals surface area (Å²) in [6, 6.07) is 0.770. The molecule has 0 unspecified atom stereocenters. The quantitative estimate of drug-likeness (QED) is 0.565. The molecule has 0 aromatic heterocycles. The molecule has 4 heteroatoms. The minimum absolute atomic E-state index is 0.750. The second-order valence-electron chi connectivity index (χ2n) is 4.37. The maximum Gasteiger partial charge on any atom is 0.0593 e. The van der Waals surface area contributed by atoms with Gasteiger partial charge in [0.25, 0.3) is 0 Å². The summed E-state index contributed by atoms with van der Waals surface area (Å²) in [5.74, 6) is 0. The van der Waals surface area contributed by atoms with Crippen molar-refractivity contribution in [3.05, 3.63) is 0 Å². The van der Waals surface area contributed by atoms with E-state index in [9.17, 15) is 0 Å². The number of methoxy groups -OCH3 is 1. The summed E-state index contributed by atoms with van der Waals surface area (Å²) < 4.78 is 10.5. The molecule has 1 aliphatic carbocycles. The predicted octanol–water partition coefficient (Wildman–Crippen LogP) is 0.853. The van der Waals surface area contributed by atoms with E-state index in [0.717, 1.165) is 51.9 Å². The Bertz CT molecular complexity index is 163. The van der Waals surface area contributed by atoms with Crippen LogP contribution < -0.4 is 5.73 Å². The van der Waals surface area contributed by atoms with Gasteiger partial charge in [0.2, 0.25) is 0 Å². The van der Waals surface area contributed by atoms with Gasteiger partial charge in [-0.2, -0.15) is 0 Å². The Hall–Kier alpha value is -0.160. The molecule has 0 saturated heterocycles. The fourth-order valence-corrected chi connectivity index (χ4v) is 1.98. The van der Waals surface area contributed by atoms with Crippen LogP contribution in [0, 0.1) is 0 Å². The first-order chi connectivity index (χ1) is 7.88. The van der Waals surface area contributed by atoms with E-state index in [1.807, 2.05) is 0 Å². The van der Waals surface area contributed by atoms with Crippen LogP contribution in [0.5, 0.6) is 0 Å². The lowest BCUT2D eigenvalue weighted by atomic mass is 9.91. The molecule has 0 radical (unpaired) electrons. The Balaban J connectivity index is 1.98. The van der Waals surface area contributed by atoms with E-state index < -0.39 is 0 Å². The maximum absolute atomic E-state index is 5.62. The Morgan fingerprint density at radius 2 is 2.00 bits per heavy atom. The molecule has 1 fully saturated rings. The number of nitrogens with two attached hydrogens (primary N) is 1. The highest BCUT2D eigenvalue weighted by atomic mass is 16.5. The van der Waals surface area contributed by atoms with Crippen molar-refractivity contribution in [2.24, 2.45) is 5.73 Å². The number of ether oxygens (including phenoxy) is 2.